The van der Waals surface area contributed by atoms with E-state index >= 15 is 0 Å². The number of nitriles is 1. The Labute approximate surface area is 131 Å². The molecule has 4 nitrogen and oxygen atoms in total. The molecule has 120 valence electrons. The van der Waals surface area contributed by atoms with Crippen molar-refractivity contribution in [1.82, 2.24) is 10.2 Å². The van der Waals surface area contributed by atoms with Crippen molar-refractivity contribution in [3.63, 3.8) is 0 Å². The first-order valence-electron chi connectivity index (χ1n) is 8.70. The van der Waals surface area contributed by atoms with Crippen molar-refractivity contribution < 1.29 is 9.18 Å². The highest BCUT2D eigenvalue weighted by Crippen LogP contribution is 2.53. The molecular weight excluding hydrogens is 281 g/mol. The molecule has 4 saturated carbocycles. The first-order chi connectivity index (χ1) is 10.6. The summed E-state index contributed by atoms with van der Waals surface area (Å²) >= 11 is 0. The molecule has 0 unspecified atom stereocenters. The van der Waals surface area contributed by atoms with Crippen molar-refractivity contribution >= 4 is 5.91 Å². The van der Waals surface area contributed by atoms with Gasteiger partial charge in [-0.05, 0) is 55.8 Å². The van der Waals surface area contributed by atoms with Crippen LogP contribution in [0.4, 0.5) is 4.39 Å². The lowest BCUT2D eigenvalue weighted by Gasteiger charge is -2.54. The number of likely N-dealkylation sites (tertiary alicyclic amines) is 1. The monoisotopic (exact) mass is 305 g/mol. The number of carbonyl (C=O) groups excluding carboxylic acids is 1. The van der Waals surface area contributed by atoms with Gasteiger partial charge in [-0.3, -0.25) is 4.79 Å². The summed E-state index contributed by atoms with van der Waals surface area (Å²) in [6.45, 7) is 0.346. The molecule has 2 atom stereocenters. The van der Waals surface area contributed by atoms with E-state index in [1.807, 2.05) is 0 Å². The van der Waals surface area contributed by atoms with E-state index in [0.29, 0.717) is 6.04 Å². The van der Waals surface area contributed by atoms with E-state index in [2.05, 4.69) is 11.4 Å². The highest BCUT2D eigenvalue weighted by Gasteiger charge is 2.48. The predicted molar refractivity (Wildman–Crippen MR) is 79.5 cm³/mol. The second-order valence-electron chi connectivity index (χ2n) is 7.86. The van der Waals surface area contributed by atoms with E-state index in [4.69, 9.17) is 5.26 Å². The fourth-order valence-corrected chi connectivity index (χ4v) is 5.75. The number of hydrogen-bond donors (Lipinski definition) is 1. The van der Waals surface area contributed by atoms with E-state index in [9.17, 15) is 9.18 Å². The molecule has 0 aromatic heterocycles. The standard InChI is InChI=1S/C17H24FN3O/c18-14-6-15(7-19)21(9-14)16(22)8-20-17-12-2-10-1-11(4-12)5-13(17)3-10/h10-15,17,20H,1-6,8-9H2/t10?,11?,12?,13?,14-,15-,17?/m0/s1. The molecule has 5 fully saturated rings. The Hall–Kier alpha value is -1.15. The fourth-order valence-electron chi connectivity index (χ4n) is 5.75. The summed E-state index contributed by atoms with van der Waals surface area (Å²) in [7, 11) is 0. The molecule has 5 aliphatic rings. The molecule has 4 aliphatic carbocycles. The number of rotatable bonds is 3. The van der Waals surface area contributed by atoms with Crippen molar-refractivity contribution in [3.8, 4) is 6.07 Å². The van der Waals surface area contributed by atoms with Crippen LogP contribution in [0.2, 0.25) is 0 Å². The Bertz CT molecular complexity index is 475. The van der Waals surface area contributed by atoms with Crippen molar-refractivity contribution in [1.29, 1.82) is 5.26 Å². The molecule has 1 heterocycles. The van der Waals surface area contributed by atoms with Crippen LogP contribution in [0.3, 0.4) is 0 Å². The van der Waals surface area contributed by atoms with Crippen LogP contribution < -0.4 is 5.32 Å². The van der Waals surface area contributed by atoms with Gasteiger partial charge in [-0.25, -0.2) is 4.39 Å². The minimum atomic E-state index is -1.05. The number of carbonyl (C=O) groups is 1. The van der Waals surface area contributed by atoms with Gasteiger partial charge in [0.2, 0.25) is 5.91 Å². The normalized spacial score (nSPS) is 46.0. The van der Waals surface area contributed by atoms with Crippen LogP contribution in [-0.4, -0.2) is 42.2 Å². The third-order valence-electron chi connectivity index (χ3n) is 6.44. The van der Waals surface area contributed by atoms with Crippen LogP contribution in [0.5, 0.6) is 0 Å². The topological polar surface area (TPSA) is 56.1 Å². The van der Waals surface area contributed by atoms with Crippen molar-refractivity contribution in [2.45, 2.75) is 56.8 Å². The van der Waals surface area contributed by atoms with Crippen LogP contribution in [-0.2, 0) is 4.79 Å². The molecule has 5 heteroatoms. The zero-order valence-electron chi connectivity index (χ0n) is 12.9. The zero-order chi connectivity index (χ0) is 15.3. The molecule has 4 bridgehead atoms. The van der Waals surface area contributed by atoms with Crippen LogP contribution in [0.25, 0.3) is 0 Å². The molecule has 1 aliphatic heterocycles. The first kappa shape index (κ1) is 14.4. The summed E-state index contributed by atoms with van der Waals surface area (Å²) < 4.78 is 13.4. The van der Waals surface area contributed by atoms with Crippen LogP contribution in [0.1, 0.15) is 38.5 Å². The van der Waals surface area contributed by atoms with Crippen molar-refractivity contribution in [2.75, 3.05) is 13.1 Å². The highest BCUT2D eigenvalue weighted by atomic mass is 19.1. The number of hydrogen-bond acceptors (Lipinski definition) is 3. The minimum Gasteiger partial charge on any atom is -0.323 e. The summed E-state index contributed by atoms with van der Waals surface area (Å²) in [4.78, 5) is 13.8. The number of amides is 1. The SMILES string of the molecule is N#C[C@@H]1C[C@H](F)CN1C(=O)CNC1C2CC3CC(C2)CC1C3. The van der Waals surface area contributed by atoms with Gasteiger partial charge >= 0.3 is 0 Å². The van der Waals surface area contributed by atoms with Gasteiger partial charge in [-0.15, -0.1) is 0 Å². The van der Waals surface area contributed by atoms with Crippen LogP contribution >= 0.6 is 0 Å². The quantitative estimate of drug-likeness (QED) is 0.866. The predicted octanol–water partition coefficient (Wildman–Crippen LogP) is 1.86. The van der Waals surface area contributed by atoms with E-state index in [1.54, 1.807) is 0 Å². The summed E-state index contributed by atoms with van der Waals surface area (Å²) in [6, 6.07) is 1.93. The largest absolute Gasteiger partial charge is 0.323 e. The lowest BCUT2D eigenvalue weighted by molar-refractivity contribution is -0.131. The maximum absolute atomic E-state index is 13.4. The van der Waals surface area contributed by atoms with Crippen molar-refractivity contribution in [3.05, 3.63) is 0 Å². The van der Waals surface area contributed by atoms with Crippen LogP contribution in [0, 0.1) is 35.0 Å². The summed E-state index contributed by atoms with van der Waals surface area (Å²) in [5.41, 5.74) is 0. The Balaban J connectivity index is 1.35. The molecule has 1 N–H and O–H groups in total. The van der Waals surface area contributed by atoms with Gasteiger partial charge in [-0.2, -0.15) is 5.26 Å². The van der Waals surface area contributed by atoms with Crippen LogP contribution in [0.15, 0.2) is 0 Å². The molecule has 1 saturated heterocycles. The molecular formula is C17H24FN3O. The van der Waals surface area contributed by atoms with Gasteiger partial charge in [-0.1, -0.05) is 0 Å². The summed E-state index contributed by atoms with van der Waals surface area (Å²) in [5.74, 6) is 3.18. The number of alkyl halides is 1. The Kier molecular flexibility index (Phi) is 3.60. The summed E-state index contributed by atoms with van der Waals surface area (Å²) in [5, 5.41) is 12.5. The van der Waals surface area contributed by atoms with E-state index < -0.39 is 12.2 Å². The lowest BCUT2D eigenvalue weighted by atomic mass is 9.54. The van der Waals surface area contributed by atoms with Crippen molar-refractivity contribution in [2.24, 2.45) is 23.7 Å². The zero-order valence-corrected chi connectivity index (χ0v) is 12.9. The third-order valence-corrected chi connectivity index (χ3v) is 6.44. The molecule has 1 amide bonds. The maximum atomic E-state index is 13.4. The number of nitrogens with zero attached hydrogens (tertiary/aromatic N) is 2. The van der Waals surface area contributed by atoms with Gasteiger partial charge < -0.3 is 10.2 Å². The summed E-state index contributed by atoms with van der Waals surface area (Å²) in [6.07, 6.45) is 5.81. The molecule has 0 aromatic carbocycles. The van der Waals surface area contributed by atoms with Gasteiger partial charge in [0.1, 0.15) is 12.2 Å². The number of nitrogens with one attached hydrogen (secondary N) is 1. The van der Waals surface area contributed by atoms with Gasteiger partial charge in [0.25, 0.3) is 0 Å². The minimum absolute atomic E-state index is 0.0837. The molecule has 0 aromatic rings. The lowest BCUT2D eigenvalue weighted by Crippen LogP contribution is -2.56. The number of halogens is 1. The Morgan fingerprint density at radius 2 is 1.77 bits per heavy atom. The van der Waals surface area contributed by atoms with Gasteiger partial charge in [0.15, 0.2) is 0 Å². The Morgan fingerprint density at radius 3 is 2.36 bits per heavy atom. The van der Waals surface area contributed by atoms with Gasteiger partial charge in [0.05, 0.1) is 19.2 Å². The molecule has 0 radical (unpaired) electrons. The van der Waals surface area contributed by atoms with Gasteiger partial charge in [0, 0.05) is 12.5 Å². The smallest absolute Gasteiger partial charge is 0.237 e. The highest BCUT2D eigenvalue weighted by molar-refractivity contribution is 5.79. The Morgan fingerprint density at radius 1 is 1.14 bits per heavy atom. The average Bonchev–Trinajstić information content (AvgIpc) is 2.87. The first-order valence-corrected chi connectivity index (χ1v) is 8.70. The van der Waals surface area contributed by atoms with E-state index in [1.165, 1.54) is 37.0 Å². The maximum Gasteiger partial charge on any atom is 0.237 e. The molecule has 22 heavy (non-hydrogen) atoms. The third kappa shape index (κ3) is 2.42. The second kappa shape index (κ2) is 5.49. The second-order valence-corrected chi connectivity index (χ2v) is 7.86. The molecule has 0 spiro atoms. The van der Waals surface area contributed by atoms with E-state index in [0.717, 1.165) is 23.7 Å². The van der Waals surface area contributed by atoms with E-state index in [-0.39, 0.29) is 25.4 Å². The average molecular weight is 305 g/mol. The molecule has 5 rings (SSSR count). The fraction of sp³-hybridized carbons (Fsp3) is 0.882.